The van der Waals surface area contributed by atoms with Gasteiger partial charge in [0.2, 0.25) is 0 Å². The molecule has 0 bridgehead atoms. The fourth-order valence-electron chi connectivity index (χ4n) is 3.50. The number of hydrogen-bond donors (Lipinski definition) is 4. The summed E-state index contributed by atoms with van der Waals surface area (Å²) in [6.07, 6.45) is 4.27. The highest BCUT2D eigenvalue weighted by Crippen LogP contribution is 2.29. The van der Waals surface area contributed by atoms with Gasteiger partial charge in [-0.25, -0.2) is 4.79 Å². The van der Waals surface area contributed by atoms with Gasteiger partial charge in [0.15, 0.2) is 0 Å². The lowest BCUT2D eigenvalue weighted by atomic mass is 10.0. The summed E-state index contributed by atoms with van der Waals surface area (Å²) in [7, 11) is 0. The Kier molecular flexibility index (Phi) is 7.80. The van der Waals surface area contributed by atoms with Gasteiger partial charge in [0.25, 0.3) is 16.8 Å². The SMILES string of the molecule is O=C(Nc1c(Cl)cncc1Cl)c1ccc(C[C@H](Nc2c(NCc3ccccn3)c(=O)c2=O)C(=O)O)cc1. The summed E-state index contributed by atoms with van der Waals surface area (Å²) in [6, 6.07) is 10.3. The fourth-order valence-corrected chi connectivity index (χ4v) is 3.96. The normalized spacial score (nSPS) is 11.6. The number of amides is 1. The Morgan fingerprint density at radius 1 is 0.919 bits per heavy atom. The number of hydrogen-bond acceptors (Lipinski definition) is 8. The van der Waals surface area contributed by atoms with Crippen LogP contribution in [0.15, 0.2) is 70.6 Å². The first-order valence-electron chi connectivity index (χ1n) is 10.9. The summed E-state index contributed by atoms with van der Waals surface area (Å²) in [5.41, 5.74) is 0.145. The number of pyridine rings is 2. The standard InChI is InChI=1S/C25H19Cl2N5O5/c26-16-11-28-12-17(27)19(16)32-24(35)14-6-4-13(5-7-14)9-18(25(36)37)31-21-20(22(33)23(21)34)30-10-15-3-1-2-8-29-15/h1-8,11-12,18,30-31H,9-10H2,(H,36,37)(H,28,32,35)/t18-/m0/s1. The zero-order chi connectivity index (χ0) is 26.5. The van der Waals surface area contributed by atoms with E-state index < -0.39 is 28.8 Å². The summed E-state index contributed by atoms with van der Waals surface area (Å²) < 4.78 is 0. The molecule has 4 rings (SSSR count). The van der Waals surface area contributed by atoms with Crippen molar-refractivity contribution in [3.63, 3.8) is 0 Å². The van der Waals surface area contributed by atoms with Crippen LogP contribution < -0.4 is 26.8 Å². The van der Waals surface area contributed by atoms with E-state index in [0.29, 0.717) is 11.3 Å². The molecule has 12 heteroatoms. The van der Waals surface area contributed by atoms with Crippen LogP contribution in [0.25, 0.3) is 0 Å². The number of aliphatic carboxylic acids is 1. The molecule has 4 N–H and O–H groups in total. The lowest BCUT2D eigenvalue weighted by molar-refractivity contribution is -0.137. The van der Waals surface area contributed by atoms with E-state index >= 15 is 0 Å². The monoisotopic (exact) mass is 539 g/mol. The van der Waals surface area contributed by atoms with Crippen molar-refractivity contribution < 1.29 is 14.7 Å². The average molecular weight is 540 g/mol. The van der Waals surface area contributed by atoms with E-state index in [1.54, 1.807) is 36.5 Å². The third-order valence-corrected chi connectivity index (χ3v) is 6.02. The number of nitrogens with one attached hydrogen (secondary N) is 3. The van der Waals surface area contributed by atoms with Crippen LogP contribution in [0.2, 0.25) is 10.0 Å². The number of anilines is 3. The Balaban J connectivity index is 1.43. The summed E-state index contributed by atoms with van der Waals surface area (Å²) in [5.74, 6) is -1.69. The number of aromatic nitrogens is 2. The molecule has 0 radical (unpaired) electrons. The van der Waals surface area contributed by atoms with Gasteiger partial charge >= 0.3 is 5.97 Å². The van der Waals surface area contributed by atoms with E-state index in [0.717, 1.165) is 0 Å². The first kappa shape index (κ1) is 25.8. The molecule has 0 saturated carbocycles. The molecule has 0 aliphatic heterocycles. The van der Waals surface area contributed by atoms with Crippen molar-refractivity contribution in [3.8, 4) is 0 Å². The van der Waals surface area contributed by atoms with Crippen LogP contribution in [0.5, 0.6) is 0 Å². The van der Waals surface area contributed by atoms with E-state index in [-0.39, 0.29) is 45.6 Å². The van der Waals surface area contributed by atoms with E-state index in [2.05, 4.69) is 25.9 Å². The van der Waals surface area contributed by atoms with Gasteiger partial charge in [-0.2, -0.15) is 0 Å². The third kappa shape index (κ3) is 5.93. The van der Waals surface area contributed by atoms with Crippen LogP contribution in [0.3, 0.4) is 0 Å². The maximum atomic E-state index is 12.6. The van der Waals surface area contributed by atoms with E-state index in [1.807, 2.05) is 0 Å². The molecule has 1 amide bonds. The number of nitrogens with zero attached hydrogens (tertiary/aromatic N) is 2. The van der Waals surface area contributed by atoms with Crippen LogP contribution in [0.1, 0.15) is 21.6 Å². The number of benzene rings is 1. The number of carboxylic acids is 1. The second kappa shape index (κ2) is 11.2. The van der Waals surface area contributed by atoms with Crippen molar-refractivity contribution in [3.05, 3.63) is 108 Å². The number of carbonyl (C=O) groups is 2. The summed E-state index contributed by atoms with van der Waals surface area (Å²) in [4.78, 5) is 56.6. The maximum absolute atomic E-state index is 12.6. The highest BCUT2D eigenvalue weighted by atomic mass is 35.5. The minimum Gasteiger partial charge on any atom is -0.480 e. The minimum atomic E-state index is -1.22. The fraction of sp³-hybridized carbons (Fsp3) is 0.120. The van der Waals surface area contributed by atoms with Crippen LogP contribution in [-0.4, -0.2) is 33.0 Å². The molecule has 0 aliphatic rings. The molecule has 2 aromatic heterocycles. The summed E-state index contributed by atoms with van der Waals surface area (Å²) >= 11 is 12.1. The largest absolute Gasteiger partial charge is 0.480 e. The zero-order valence-electron chi connectivity index (χ0n) is 19.0. The van der Waals surface area contributed by atoms with Gasteiger partial charge < -0.3 is 21.1 Å². The molecule has 2 aromatic carbocycles. The van der Waals surface area contributed by atoms with Gasteiger partial charge in [-0.3, -0.25) is 24.4 Å². The lowest BCUT2D eigenvalue weighted by Gasteiger charge is -2.20. The summed E-state index contributed by atoms with van der Waals surface area (Å²) in [5, 5.41) is 18.2. The molecule has 10 nitrogen and oxygen atoms in total. The van der Waals surface area contributed by atoms with Gasteiger partial charge in [-0.05, 0) is 29.8 Å². The van der Waals surface area contributed by atoms with Crippen LogP contribution in [-0.2, 0) is 17.8 Å². The first-order chi connectivity index (χ1) is 17.7. The van der Waals surface area contributed by atoms with Crippen LogP contribution >= 0.6 is 23.2 Å². The quantitative estimate of drug-likeness (QED) is 0.222. The number of halogens is 2. The number of rotatable bonds is 10. The highest BCUT2D eigenvalue weighted by Gasteiger charge is 2.27. The van der Waals surface area contributed by atoms with Crippen molar-refractivity contribution >= 4 is 52.1 Å². The van der Waals surface area contributed by atoms with Crippen molar-refractivity contribution in [2.24, 2.45) is 0 Å². The topological polar surface area (TPSA) is 150 Å². The van der Waals surface area contributed by atoms with Crippen molar-refractivity contribution in [2.75, 3.05) is 16.0 Å². The van der Waals surface area contributed by atoms with Crippen LogP contribution in [0, 0.1) is 0 Å². The second-order valence-electron chi connectivity index (χ2n) is 7.95. The molecular formula is C25H19Cl2N5O5. The Morgan fingerprint density at radius 2 is 1.59 bits per heavy atom. The van der Waals surface area contributed by atoms with E-state index in [4.69, 9.17) is 23.2 Å². The number of carboxylic acid groups (broad SMARTS) is 1. The molecule has 1 atom stereocenters. The number of carbonyl (C=O) groups excluding carboxylic acids is 1. The molecule has 4 aromatic rings. The predicted octanol–water partition coefficient (Wildman–Crippen LogP) is 3.35. The predicted molar refractivity (Wildman–Crippen MR) is 140 cm³/mol. The van der Waals surface area contributed by atoms with Gasteiger partial charge in [-0.1, -0.05) is 41.4 Å². The minimum absolute atomic E-state index is 0.0161. The molecule has 0 aliphatic carbocycles. The molecule has 2 heterocycles. The molecule has 0 saturated heterocycles. The highest BCUT2D eigenvalue weighted by molar-refractivity contribution is 6.39. The molecule has 188 valence electrons. The Labute approximate surface area is 220 Å². The summed E-state index contributed by atoms with van der Waals surface area (Å²) in [6.45, 7) is 0.192. The van der Waals surface area contributed by atoms with E-state index in [9.17, 15) is 24.3 Å². The molecule has 0 fully saturated rings. The smallest absolute Gasteiger partial charge is 0.326 e. The van der Waals surface area contributed by atoms with E-state index in [1.165, 1.54) is 24.5 Å². The first-order valence-corrected chi connectivity index (χ1v) is 11.7. The molecule has 37 heavy (non-hydrogen) atoms. The van der Waals surface area contributed by atoms with Crippen molar-refractivity contribution in [1.29, 1.82) is 0 Å². The Hall–Kier alpha value is -4.28. The Morgan fingerprint density at radius 3 is 2.22 bits per heavy atom. The van der Waals surface area contributed by atoms with Crippen LogP contribution in [0.4, 0.5) is 17.1 Å². The Bertz CT molecular complexity index is 1500. The van der Waals surface area contributed by atoms with Gasteiger partial charge in [-0.15, -0.1) is 0 Å². The molecular weight excluding hydrogens is 521 g/mol. The second-order valence-corrected chi connectivity index (χ2v) is 8.77. The lowest BCUT2D eigenvalue weighted by Crippen LogP contribution is -2.42. The molecule has 0 unspecified atom stereocenters. The van der Waals surface area contributed by atoms with Crippen molar-refractivity contribution in [2.45, 2.75) is 19.0 Å². The van der Waals surface area contributed by atoms with Crippen molar-refractivity contribution in [1.82, 2.24) is 9.97 Å². The van der Waals surface area contributed by atoms with Gasteiger partial charge in [0.1, 0.15) is 17.4 Å². The van der Waals surface area contributed by atoms with Gasteiger partial charge in [0.05, 0.1) is 28.0 Å². The maximum Gasteiger partial charge on any atom is 0.326 e. The van der Waals surface area contributed by atoms with Gasteiger partial charge in [0, 0.05) is 30.6 Å². The third-order valence-electron chi connectivity index (χ3n) is 5.45. The average Bonchev–Trinajstić information content (AvgIpc) is 2.90. The molecule has 0 spiro atoms. The zero-order valence-corrected chi connectivity index (χ0v) is 20.5.